The lowest BCUT2D eigenvalue weighted by Gasteiger charge is -2.18. The van der Waals surface area contributed by atoms with Crippen LogP contribution in [0, 0.1) is 6.92 Å². The van der Waals surface area contributed by atoms with Gasteiger partial charge < -0.3 is 5.32 Å². The van der Waals surface area contributed by atoms with Crippen LogP contribution in [0.1, 0.15) is 33.2 Å². The summed E-state index contributed by atoms with van der Waals surface area (Å²) >= 11 is 1.66. The van der Waals surface area contributed by atoms with Crippen LogP contribution in [-0.4, -0.2) is 20.7 Å². The van der Waals surface area contributed by atoms with Crippen LogP contribution in [0.2, 0.25) is 0 Å². The number of amides is 1. The number of nitrogens with one attached hydrogen (secondary N) is 1. The predicted molar refractivity (Wildman–Crippen MR) is 90.4 cm³/mol. The van der Waals surface area contributed by atoms with Gasteiger partial charge in [-0.25, -0.2) is 0 Å². The average molecular weight is 326 g/mol. The van der Waals surface area contributed by atoms with Gasteiger partial charge in [0.15, 0.2) is 0 Å². The molecule has 3 aromatic heterocycles. The van der Waals surface area contributed by atoms with Crippen LogP contribution in [0.25, 0.3) is 0 Å². The molecule has 0 saturated carbocycles. The first kappa shape index (κ1) is 15.4. The van der Waals surface area contributed by atoms with E-state index in [-0.39, 0.29) is 11.9 Å². The fourth-order valence-corrected chi connectivity index (χ4v) is 3.12. The van der Waals surface area contributed by atoms with E-state index in [0.717, 1.165) is 17.7 Å². The highest BCUT2D eigenvalue weighted by Gasteiger charge is 2.19. The van der Waals surface area contributed by atoms with Crippen molar-refractivity contribution in [3.8, 4) is 0 Å². The second kappa shape index (κ2) is 6.75. The second-order valence-electron chi connectivity index (χ2n) is 5.42. The van der Waals surface area contributed by atoms with Crippen LogP contribution >= 0.6 is 11.3 Å². The summed E-state index contributed by atoms with van der Waals surface area (Å²) in [7, 11) is 1.83. The lowest BCUT2D eigenvalue weighted by molar-refractivity contribution is 0.0935. The Kier molecular flexibility index (Phi) is 4.52. The summed E-state index contributed by atoms with van der Waals surface area (Å²) in [5.74, 6) is -0.111. The Labute approximate surface area is 139 Å². The van der Waals surface area contributed by atoms with Gasteiger partial charge in [0.1, 0.15) is 0 Å². The van der Waals surface area contributed by atoms with Gasteiger partial charge in [0.2, 0.25) is 0 Å². The molecule has 3 heterocycles. The predicted octanol–water partition coefficient (Wildman–Crippen LogP) is 2.90. The molecule has 1 N–H and O–H groups in total. The maximum absolute atomic E-state index is 12.6. The zero-order chi connectivity index (χ0) is 16.2. The van der Waals surface area contributed by atoms with Crippen LogP contribution in [0.3, 0.4) is 0 Å². The topological polar surface area (TPSA) is 59.8 Å². The smallest absolute Gasteiger partial charge is 0.255 e. The van der Waals surface area contributed by atoms with E-state index in [1.807, 2.05) is 31.5 Å². The average Bonchev–Trinajstić information content (AvgIpc) is 3.18. The van der Waals surface area contributed by atoms with E-state index in [9.17, 15) is 4.79 Å². The molecule has 23 heavy (non-hydrogen) atoms. The maximum atomic E-state index is 12.6. The molecule has 0 radical (unpaired) electrons. The summed E-state index contributed by atoms with van der Waals surface area (Å²) in [6.07, 6.45) is 5.88. The van der Waals surface area contributed by atoms with Crippen molar-refractivity contribution >= 4 is 17.2 Å². The van der Waals surface area contributed by atoms with Gasteiger partial charge in [0.25, 0.3) is 5.91 Å². The van der Waals surface area contributed by atoms with Crippen LogP contribution in [0.5, 0.6) is 0 Å². The van der Waals surface area contributed by atoms with Gasteiger partial charge in [-0.3, -0.25) is 14.5 Å². The summed E-state index contributed by atoms with van der Waals surface area (Å²) < 4.78 is 1.70. The molecule has 1 amide bonds. The Balaban J connectivity index is 1.83. The summed E-state index contributed by atoms with van der Waals surface area (Å²) in [5.41, 5.74) is 3.65. The van der Waals surface area contributed by atoms with E-state index in [2.05, 4.69) is 26.8 Å². The lowest BCUT2D eigenvalue weighted by atomic mass is 10.0. The Morgan fingerprint density at radius 3 is 2.87 bits per heavy atom. The summed E-state index contributed by atoms with van der Waals surface area (Å²) in [5, 5.41) is 11.4. The van der Waals surface area contributed by atoms with E-state index in [1.165, 1.54) is 5.56 Å². The molecule has 3 rings (SSSR count). The van der Waals surface area contributed by atoms with Crippen molar-refractivity contribution in [2.45, 2.75) is 19.4 Å². The van der Waals surface area contributed by atoms with Crippen molar-refractivity contribution in [3.05, 3.63) is 69.9 Å². The molecular weight excluding hydrogens is 308 g/mol. The Morgan fingerprint density at radius 2 is 2.26 bits per heavy atom. The first-order valence-electron chi connectivity index (χ1n) is 7.35. The molecule has 3 aromatic rings. The minimum absolute atomic E-state index is 0.111. The Morgan fingerprint density at radius 1 is 1.39 bits per heavy atom. The number of rotatable bonds is 5. The number of nitrogens with zero attached hydrogens (tertiary/aromatic N) is 3. The van der Waals surface area contributed by atoms with E-state index in [1.54, 1.807) is 34.6 Å². The van der Waals surface area contributed by atoms with E-state index in [4.69, 9.17) is 0 Å². The van der Waals surface area contributed by atoms with Crippen molar-refractivity contribution in [1.29, 1.82) is 0 Å². The standard InChI is InChI=1S/C17H18N4OS/c1-12-15(10-19-21(12)2)17(22)20-16(8-13-5-7-23-11-13)14-4-3-6-18-9-14/h3-7,9-11,16H,8H2,1-2H3,(H,20,22). The highest BCUT2D eigenvalue weighted by molar-refractivity contribution is 7.07. The minimum atomic E-state index is -0.120. The zero-order valence-electron chi connectivity index (χ0n) is 13.1. The SMILES string of the molecule is Cc1c(C(=O)NC(Cc2ccsc2)c2cccnc2)cnn1C. The van der Waals surface area contributed by atoms with Gasteiger partial charge >= 0.3 is 0 Å². The highest BCUT2D eigenvalue weighted by Crippen LogP contribution is 2.20. The van der Waals surface area contributed by atoms with Gasteiger partial charge in [-0.15, -0.1) is 0 Å². The zero-order valence-corrected chi connectivity index (χ0v) is 13.9. The van der Waals surface area contributed by atoms with Crippen molar-refractivity contribution in [1.82, 2.24) is 20.1 Å². The molecule has 0 aliphatic carbocycles. The number of pyridine rings is 1. The maximum Gasteiger partial charge on any atom is 0.255 e. The highest BCUT2D eigenvalue weighted by atomic mass is 32.1. The third kappa shape index (κ3) is 3.48. The molecule has 6 heteroatoms. The van der Waals surface area contributed by atoms with Crippen molar-refractivity contribution < 1.29 is 4.79 Å². The number of carbonyl (C=O) groups is 1. The number of hydrogen-bond acceptors (Lipinski definition) is 4. The molecule has 1 unspecified atom stereocenters. The van der Waals surface area contributed by atoms with E-state index >= 15 is 0 Å². The largest absolute Gasteiger partial charge is 0.345 e. The van der Waals surface area contributed by atoms with Crippen molar-refractivity contribution in [3.63, 3.8) is 0 Å². The van der Waals surface area contributed by atoms with Crippen LogP contribution < -0.4 is 5.32 Å². The molecule has 0 aromatic carbocycles. The molecule has 0 fully saturated rings. The van der Waals surface area contributed by atoms with Crippen molar-refractivity contribution in [2.24, 2.45) is 7.05 Å². The number of thiophene rings is 1. The van der Waals surface area contributed by atoms with Gasteiger partial charge in [0, 0.05) is 25.1 Å². The Bertz CT molecular complexity index is 780. The van der Waals surface area contributed by atoms with E-state index < -0.39 is 0 Å². The molecule has 0 aliphatic rings. The van der Waals surface area contributed by atoms with Crippen LogP contribution in [-0.2, 0) is 13.5 Å². The minimum Gasteiger partial charge on any atom is -0.345 e. The molecule has 118 valence electrons. The van der Waals surface area contributed by atoms with Gasteiger partial charge in [0.05, 0.1) is 17.8 Å². The molecule has 0 aliphatic heterocycles. The molecule has 5 nitrogen and oxygen atoms in total. The molecule has 0 bridgehead atoms. The lowest BCUT2D eigenvalue weighted by Crippen LogP contribution is -2.30. The second-order valence-corrected chi connectivity index (χ2v) is 6.20. The van der Waals surface area contributed by atoms with Crippen LogP contribution in [0.15, 0.2) is 47.5 Å². The third-order valence-corrected chi connectivity index (χ3v) is 4.62. The van der Waals surface area contributed by atoms with Gasteiger partial charge in [-0.05, 0) is 47.4 Å². The number of aromatic nitrogens is 3. The first-order chi connectivity index (χ1) is 11.1. The quantitative estimate of drug-likeness (QED) is 0.784. The normalized spacial score (nSPS) is 12.1. The number of hydrogen-bond donors (Lipinski definition) is 1. The van der Waals surface area contributed by atoms with Gasteiger partial charge in [-0.1, -0.05) is 6.07 Å². The molecular formula is C17H18N4OS. The summed E-state index contributed by atoms with van der Waals surface area (Å²) in [4.78, 5) is 16.8. The number of carbonyl (C=O) groups excluding carboxylic acids is 1. The van der Waals surface area contributed by atoms with Crippen molar-refractivity contribution in [2.75, 3.05) is 0 Å². The molecule has 0 spiro atoms. The fraction of sp³-hybridized carbons (Fsp3) is 0.235. The molecule has 1 atom stereocenters. The monoisotopic (exact) mass is 326 g/mol. The number of aryl methyl sites for hydroxylation is 1. The summed E-state index contributed by atoms with van der Waals surface area (Å²) in [6.45, 7) is 1.89. The van der Waals surface area contributed by atoms with Gasteiger partial charge in [-0.2, -0.15) is 16.4 Å². The summed E-state index contributed by atoms with van der Waals surface area (Å²) in [6, 6.07) is 5.83. The Hall–Kier alpha value is -2.47. The van der Waals surface area contributed by atoms with Crippen LogP contribution in [0.4, 0.5) is 0 Å². The fourth-order valence-electron chi connectivity index (χ4n) is 2.44. The van der Waals surface area contributed by atoms with E-state index in [0.29, 0.717) is 5.56 Å². The molecule has 0 saturated heterocycles. The first-order valence-corrected chi connectivity index (χ1v) is 8.30. The third-order valence-electron chi connectivity index (χ3n) is 3.89.